The van der Waals surface area contributed by atoms with Crippen LogP contribution in [-0.4, -0.2) is 19.7 Å². The number of hydrogen-bond donors (Lipinski definition) is 0. The fourth-order valence-electron chi connectivity index (χ4n) is 4.48. The maximum Gasteiger partial charge on any atom is 0.168 e. The van der Waals surface area contributed by atoms with Crippen LogP contribution in [0.2, 0.25) is 0 Å². The maximum absolute atomic E-state index is 4.69. The molecule has 5 rings (SSSR count). The average Bonchev–Trinajstić information content (AvgIpc) is 3.34. The zero-order valence-corrected chi connectivity index (χ0v) is 22.5. The van der Waals surface area contributed by atoms with Crippen molar-refractivity contribution in [2.24, 2.45) is 0 Å². The van der Waals surface area contributed by atoms with Crippen molar-refractivity contribution in [1.82, 2.24) is 19.7 Å². The van der Waals surface area contributed by atoms with Gasteiger partial charge in [-0.25, -0.2) is 0 Å². The van der Waals surface area contributed by atoms with Gasteiger partial charge in [0.15, 0.2) is 11.6 Å². The Hall–Kier alpha value is -4.05. The van der Waals surface area contributed by atoms with E-state index in [1.54, 1.807) is 6.20 Å². The molecule has 5 aromatic rings. The van der Waals surface area contributed by atoms with Crippen LogP contribution in [0.5, 0.6) is 0 Å². The van der Waals surface area contributed by atoms with E-state index in [0.29, 0.717) is 0 Å². The van der Waals surface area contributed by atoms with Gasteiger partial charge in [0, 0.05) is 29.2 Å². The first-order valence-corrected chi connectivity index (χ1v) is 12.8. The Kier molecular flexibility index (Phi) is 6.28. The van der Waals surface area contributed by atoms with E-state index in [-0.39, 0.29) is 10.8 Å². The zero-order valence-electron chi connectivity index (χ0n) is 22.5. The fraction of sp³-hybridized carbons (Fsp3) is 0.242. The minimum atomic E-state index is 0.0916. The van der Waals surface area contributed by atoms with Crippen molar-refractivity contribution in [3.8, 4) is 39.6 Å². The van der Waals surface area contributed by atoms with Crippen LogP contribution in [0.1, 0.15) is 52.7 Å². The summed E-state index contributed by atoms with van der Waals surface area (Å²) in [7, 11) is 0. The number of rotatable bonds is 4. The molecule has 2 aromatic heterocycles. The third-order valence-corrected chi connectivity index (χ3v) is 6.80. The van der Waals surface area contributed by atoms with E-state index in [2.05, 4.69) is 140 Å². The molecule has 0 fully saturated rings. The van der Waals surface area contributed by atoms with E-state index >= 15 is 0 Å². The monoisotopic (exact) mass is 486 g/mol. The molecule has 4 heteroatoms. The van der Waals surface area contributed by atoms with E-state index in [1.165, 1.54) is 11.1 Å². The van der Waals surface area contributed by atoms with E-state index in [9.17, 15) is 0 Å². The summed E-state index contributed by atoms with van der Waals surface area (Å²) in [5.74, 6) is 1.65. The van der Waals surface area contributed by atoms with Crippen LogP contribution in [0.4, 0.5) is 0 Å². The Balaban J connectivity index is 1.62. The summed E-state index contributed by atoms with van der Waals surface area (Å²) in [5, 5.41) is 9.37. The average molecular weight is 487 g/mol. The predicted molar refractivity (Wildman–Crippen MR) is 153 cm³/mol. The van der Waals surface area contributed by atoms with Crippen molar-refractivity contribution in [2.45, 2.75) is 52.4 Å². The van der Waals surface area contributed by atoms with Crippen LogP contribution < -0.4 is 0 Å². The number of nitrogens with zero attached hydrogens (tertiary/aromatic N) is 4. The van der Waals surface area contributed by atoms with Gasteiger partial charge >= 0.3 is 0 Å². The molecule has 0 bridgehead atoms. The molecule has 0 amide bonds. The van der Waals surface area contributed by atoms with Crippen molar-refractivity contribution in [3.05, 3.63) is 108 Å². The van der Waals surface area contributed by atoms with Gasteiger partial charge in [-0.1, -0.05) is 108 Å². The third-order valence-electron chi connectivity index (χ3n) is 6.80. The van der Waals surface area contributed by atoms with Gasteiger partial charge in [-0.2, -0.15) is 0 Å². The predicted octanol–water partition coefficient (Wildman–Crippen LogP) is 8.26. The summed E-state index contributed by atoms with van der Waals surface area (Å²) >= 11 is 0. The van der Waals surface area contributed by atoms with Crippen LogP contribution in [0.25, 0.3) is 39.6 Å². The van der Waals surface area contributed by atoms with Gasteiger partial charge in [0.2, 0.25) is 0 Å². The molecule has 0 aliphatic heterocycles. The van der Waals surface area contributed by atoms with E-state index < -0.39 is 0 Å². The molecule has 0 N–H and O–H groups in total. The van der Waals surface area contributed by atoms with Gasteiger partial charge in [-0.15, -0.1) is 10.2 Å². The molecule has 0 atom stereocenters. The quantitative estimate of drug-likeness (QED) is 0.257. The first kappa shape index (κ1) is 24.6. The molecule has 0 aliphatic carbocycles. The summed E-state index contributed by atoms with van der Waals surface area (Å²) in [4.78, 5) is 4.26. The molecule has 37 heavy (non-hydrogen) atoms. The second kappa shape index (κ2) is 9.44. The second-order valence-corrected chi connectivity index (χ2v) is 11.6. The highest BCUT2D eigenvalue weighted by Gasteiger charge is 2.20. The van der Waals surface area contributed by atoms with Crippen LogP contribution in [-0.2, 0) is 10.8 Å². The summed E-state index contributed by atoms with van der Waals surface area (Å²) in [6, 6.07) is 29.9. The first-order valence-electron chi connectivity index (χ1n) is 12.8. The molecule has 0 aliphatic rings. The van der Waals surface area contributed by atoms with Gasteiger partial charge in [-0.05, 0) is 51.3 Å². The molecular formula is C33H34N4. The molecule has 2 heterocycles. The molecule has 0 radical (unpaired) electrons. The van der Waals surface area contributed by atoms with Crippen molar-refractivity contribution < 1.29 is 0 Å². The molecule has 0 unspecified atom stereocenters. The van der Waals surface area contributed by atoms with Gasteiger partial charge in [0.1, 0.15) is 0 Å². The first-order chi connectivity index (χ1) is 17.6. The maximum atomic E-state index is 4.69. The summed E-state index contributed by atoms with van der Waals surface area (Å²) in [6.07, 6.45) is 3.68. The Morgan fingerprint density at radius 3 is 1.38 bits per heavy atom. The zero-order chi connectivity index (χ0) is 26.2. The highest BCUT2D eigenvalue weighted by Crippen LogP contribution is 2.32. The minimum absolute atomic E-state index is 0.0916. The lowest BCUT2D eigenvalue weighted by Gasteiger charge is -2.20. The smallest absolute Gasteiger partial charge is 0.168 e. The molecule has 0 saturated heterocycles. The van der Waals surface area contributed by atoms with Crippen molar-refractivity contribution in [2.75, 3.05) is 0 Å². The van der Waals surface area contributed by atoms with Gasteiger partial charge in [-0.3, -0.25) is 9.55 Å². The highest BCUT2D eigenvalue weighted by atomic mass is 15.3. The number of pyridine rings is 1. The molecule has 4 nitrogen and oxygen atoms in total. The molecular weight excluding hydrogens is 452 g/mol. The second-order valence-electron chi connectivity index (χ2n) is 11.6. The Morgan fingerprint density at radius 1 is 0.514 bits per heavy atom. The fourth-order valence-corrected chi connectivity index (χ4v) is 4.48. The van der Waals surface area contributed by atoms with Crippen molar-refractivity contribution >= 4 is 0 Å². The summed E-state index contributed by atoms with van der Waals surface area (Å²) < 4.78 is 2.16. The lowest BCUT2D eigenvalue weighted by Crippen LogP contribution is -2.10. The molecule has 3 aromatic carbocycles. The third kappa shape index (κ3) is 5.10. The number of hydrogen-bond acceptors (Lipinski definition) is 3. The van der Waals surface area contributed by atoms with E-state index in [0.717, 1.165) is 39.6 Å². The Morgan fingerprint density at radius 2 is 0.973 bits per heavy atom. The van der Waals surface area contributed by atoms with Crippen LogP contribution in [0.3, 0.4) is 0 Å². The highest BCUT2D eigenvalue weighted by molar-refractivity contribution is 5.69. The molecule has 186 valence electrons. The number of aromatic nitrogens is 4. The van der Waals surface area contributed by atoms with Crippen LogP contribution >= 0.6 is 0 Å². The normalized spacial score (nSPS) is 12.1. The lowest BCUT2D eigenvalue weighted by molar-refractivity contribution is 0.590. The van der Waals surface area contributed by atoms with Crippen LogP contribution in [0.15, 0.2) is 97.3 Å². The molecule has 0 saturated carbocycles. The van der Waals surface area contributed by atoms with Crippen molar-refractivity contribution in [3.63, 3.8) is 0 Å². The summed E-state index contributed by atoms with van der Waals surface area (Å²) in [6.45, 7) is 13.4. The molecule has 0 spiro atoms. The minimum Gasteiger partial charge on any atom is -0.275 e. The largest absolute Gasteiger partial charge is 0.275 e. The van der Waals surface area contributed by atoms with Crippen molar-refractivity contribution in [1.29, 1.82) is 0 Å². The standard InChI is InChI=1S/C33H34N4/c1-32(2,3)27-15-9-24(10-16-27)30-35-36-31(25-11-17-28(18-12-25)33(4,5)6)37(30)29-19-13-23(14-20-29)26-8-7-21-34-22-26/h7-22H,1-6H3. The SMILES string of the molecule is CC(C)(C)c1ccc(-c2nnc(-c3ccc(C(C)(C)C)cc3)n2-c2ccc(-c3cccnc3)cc2)cc1. The van der Waals surface area contributed by atoms with Gasteiger partial charge < -0.3 is 0 Å². The Bertz CT molecular complexity index is 1410. The van der Waals surface area contributed by atoms with Crippen LogP contribution in [0, 0.1) is 0 Å². The van der Waals surface area contributed by atoms with Gasteiger partial charge in [0.25, 0.3) is 0 Å². The lowest BCUT2D eigenvalue weighted by atomic mass is 9.86. The topological polar surface area (TPSA) is 43.6 Å². The Labute approximate surface area is 220 Å². The van der Waals surface area contributed by atoms with E-state index in [1.807, 2.05) is 12.3 Å². The number of benzene rings is 3. The summed E-state index contributed by atoms with van der Waals surface area (Å²) in [5.41, 5.74) is 8.07. The van der Waals surface area contributed by atoms with Gasteiger partial charge in [0.05, 0.1) is 0 Å². The van der Waals surface area contributed by atoms with E-state index in [4.69, 9.17) is 0 Å².